The second kappa shape index (κ2) is 8.65. The number of hydrogen-bond donors (Lipinski definition) is 2. The van der Waals surface area contributed by atoms with Gasteiger partial charge in [0, 0.05) is 44.1 Å². The molecule has 0 saturated heterocycles. The Labute approximate surface area is 155 Å². The molecule has 0 fully saturated rings. The van der Waals surface area contributed by atoms with E-state index in [0.717, 1.165) is 17.3 Å². The van der Waals surface area contributed by atoms with Gasteiger partial charge < -0.3 is 20.7 Å². The molecule has 0 aromatic heterocycles. The number of nitrogen functional groups attached to an aromatic ring is 1. The van der Waals surface area contributed by atoms with Gasteiger partial charge in [-0.1, -0.05) is 12.1 Å². The first-order chi connectivity index (χ1) is 12.8. The highest BCUT2D eigenvalue weighted by Gasteiger charge is 2.17. The summed E-state index contributed by atoms with van der Waals surface area (Å²) in [5.74, 6) is -1.40. The molecule has 2 rings (SSSR count). The van der Waals surface area contributed by atoms with Crippen LogP contribution in [0, 0.1) is 10.1 Å². The van der Waals surface area contributed by atoms with Crippen LogP contribution >= 0.6 is 0 Å². The zero-order chi connectivity index (χ0) is 20.0. The number of carbonyl (C=O) groups excluding carboxylic acids is 2. The van der Waals surface area contributed by atoms with Crippen molar-refractivity contribution in [3.05, 3.63) is 63.7 Å². The van der Waals surface area contributed by atoms with Crippen molar-refractivity contribution in [3.63, 3.8) is 0 Å². The Hall–Kier alpha value is -3.62. The van der Waals surface area contributed by atoms with Gasteiger partial charge in [0.2, 0.25) is 0 Å². The lowest BCUT2D eigenvalue weighted by molar-refractivity contribution is -0.384. The normalized spacial score (nSPS) is 10.1. The molecule has 0 atom stereocenters. The number of nitrogens with one attached hydrogen (secondary N) is 1. The van der Waals surface area contributed by atoms with Gasteiger partial charge in [0.25, 0.3) is 11.6 Å². The molecular weight excluding hydrogens is 352 g/mol. The van der Waals surface area contributed by atoms with E-state index in [9.17, 15) is 19.7 Å². The summed E-state index contributed by atoms with van der Waals surface area (Å²) in [5.41, 5.74) is 7.15. The van der Waals surface area contributed by atoms with E-state index in [1.54, 1.807) is 0 Å². The molecule has 0 saturated carbocycles. The van der Waals surface area contributed by atoms with E-state index >= 15 is 0 Å². The molecule has 2 aromatic carbocycles. The molecule has 0 unspecified atom stereocenters. The number of nitrogens with zero attached hydrogens (tertiary/aromatic N) is 2. The number of hydrogen-bond acceptors (Lipinski definition) is 7. The molecule has 3 N–H and O–H groups in total. The van der Waals surface area contributed by atoms with Crippen LogP contribution < -0.4 is 16.0 Å². The van der Waals surface area contributed by atoms with E-state index in [-0.39, 0.29) is 23.5 Å². The number of nitro groups is 1. The Morgan fingerprint density at radius 2 is 1.85 bits per heavy atom. The first-order valence-corrected chi connectivity index (χ1v) is 8.02. The zero-order valence-electron chi connectivity index (χ0n) is 15.0. The molecule has 27 heavy (non-hydrogen) atoms. The molecule has 142 valence electrons. The summed E-state index contributed by atoms with van der Waals surface area (Å²) in [7, 11) is 3.86. The average molecular weight is 372 g/mol. The number of nitro benzene ring substituents is 1. The van der Waals surface area contributed by atoms with Crippen molar-refractivity contribution in [2.24, 2.45) is 0 Å². The third-order valence-corrected chi connectivity index (χ3v) is 3.74. The predicted molar refractivity (Wildman–Crippen MR) is 100 cm³/mol. The first-order valence-electron chi connectivity index (χ1n) is 8.02. The number of esters is 1. The Kier molecular flexibility index (Phi) is 6.32. The molecule has 0 spiro atoms. The maximum Gasteiger partial charge on any atom is 0.341 e. The summed E-state index contributed by atoms with van der Waals surface area (Å²) in [6.07, 6.45) is 0. The Morgan fingerprint density at radius 3 is 2.44 bits per heavy atom. The third-order valence-electron chi connectivity index (χ3n) is 3.74. The fourth-order valence-electron chi connectivity index (χ4n) is 2.21. The number of carbonyl (C=O) groups is 2. The summed E-state index contributed by atoms with van der Waals surface area (Å²) >= 11 is 0. The quantitative estimate of drug-likeness (QED) is 0.328. The number of benzene rings is 2. The molecule has 0 aliphatic carbocycles. The second-order valence-electron chi connectivity index (χ2n) is 5.94. The molecule has 0 aliphatic heterocycles. The summed E-state index contributed by atoms with van der Waals surface area (Å²) in [4.78, 5) is 36.0. The van der Waals surface area contributed by atoms with Crippen LogP contribution in [-0.2, 0) is 16.1 Å². The lowest BCUT2D eigenvalue weighted by Crippen LogP contribution is -2.28. The maximum atomic E-state index is 12.0. The minimum atomic E-state index is -0.901. The molecule has 0 bridgehead atoms. The van der Waals surface area contributed by atoms with Crippen molar-refractivity contribution in [1.29, 1.82) is 0 Å². The van der Waals surface area contributed by atoms with Crippen LogP contribution in [0.5, 0.6) is 0 Å². The van der Waals surface area contributed by atoms with Crippen molar-refractivity contribution in [3.8, 4) is 0 Å². The number of non-ortho nitro benzene ring substituents is 1. The standard InChI is InChI=1S/C18H20N4O5/c1-21(2)13-5-3-12(4-6-13)10-20-17(23)11-27-18(24)15-9-14(22(25)26)7-8-16(15)19/h3-9H,10-11,19H2,1-2H3,(H,20,23). The Morgan fingerprint density at radius 1 is 1.19 bits per heavy atom. The third kappa shape index (κ3) is 5.43. The molecule has 1 amide bonds. The van der Waals surface area contributed by atoms with Gasteiger partial charge >= 0.3 is 5.97 Å². The van der Waals surface area contributed by atoms with Crippen molar-refractivity contribution < 1.29 is 19.2 Å². The van der Waals surface area contributed by atoms with Gasteiger partial charge in [-0.15, -0.1) is 0 Å². The SMILES string of the molecule is CN(C)c1ccc(CNC(=O)COC(=O)c2cc([N+](=O)[O-])ccc2N)cc1. The Balaban J connectivity index is 1.87. The minimum absolute atomic E-state index is 0.0343. The minimum Gasteiger partial charge on any atom is -0.452 e. The van der Waals surface area contributed by atoms with Crippen LogP contribution in [-0.4, -0.2) is 37.5 Å². The van der Waals surface area contributed by atoms with E-state index in [2.05, 4.69) is 5.32 Å². The van der Waals surface area contributed by atoms with E-state index in [1.807, 2.05) is 43.3 Å². The van der Waals surface area contributed by atoms with Gasteiger partial charge in [-0.25, -0.2) is 4.79 Å². The van der Waals surface area contributed by atoms with Crippen LogP contribution in [0.2, 0.25) is 0 Å². The van der Waals surface area contributed by atoms with Gasteiger partial charge in [-0.05, 0) is 23.8 Å². The second-order valence-corrected chi connectivity index (χ2v) is 5.94. The Bertz CT molecular complexity index is 849. The highest BCUT2D eigenvalue weighted by Crippen LogP contribution is 2.20. The van der Waals surface area contributed by atoms with Gasteiger partial charge in [-0.2, -0.15) is 0 Å². The molecule has 0 radical (unpaired) electrons. The van der Waals surface area contributed by atoms with E-state index in [4.69, 9.17) is 10.5 Å². The van der Waals surface area contributed by atoms with Crippen molar-refractivity contribution in [1.82, 2.24) is 5.32 Å². The van der Waals surface area contributed by atoms with Gasteiger partial charge in [0.15, 0.2) is 6.61 Å². The van der Waals surface area contributed by atoms with Gasteiger partial charge in [-0.3, -0.25) is 14.9 Å². The largest absolute Gasteiger partial charge is 0.452 e. The highest BCUT2D eigenvalue weighted by atomic mass is 16.6. The van der Waals surface area contributed by atoms with Gasteiger partial charge in [0.1, 0.15) is 0 Å². The lowest BCUT2D eigenvalue weighted by atomic mass is 10.1. The van der Waals surface area contributed by atoms with Crippen LogP contribution in [0.15, 0.2) is 42.5 Å². The van der Waals surface area contributed by atoms with E-state index in [0.29, 0.717) is 0 Å². The monoisotopic (exact) mass is 372 g/mol. The summed E-state index contributed by atoms with van der Waals surface area (Å²) in [6, 6.07) is 11.0. The average Bonchev–Trinajstić information content (AvgIpc) is 2.64. The number of ether oxygens (including phenoxy) is 1. The summed E-state index contributed by atoms with van der Waals surface area (Å²) in [6.45, 7) is -0.236. The molecule has 0 aliphatic rings. The fraction of sp³-hybridized carbons (Fsp3) is 0.222. The molecule has 2 aromatic rings. The van der Waals surface area contributed by atoms with Crippen molar-refractivity contribution >= 4 is 28.9 Å². The molecule has 9 nitrogen and oxygen atoms in total. The van der Waals surface area contributed by atoms with E-state index in [1.165, 1.54) is 12.1 Å². The first kappa shape index (κ1) is 19.7. The van der Waals surface area contributed by atoms with Crippen LogP contribution in [0.25, 0.3) is 0 Å². The fourth-order valence-corrected chi connectivity index (χ4v) is 2.21. The number of amides is 1. The van der Waals surface area contributed by atoms with Crippen LogP contribution in [0.4, 0.5) is 17.1 Å². The smallest absolute Gasteiger partial charge is 0.341 e. The topological polar surface area (TPSA) is 128 Å². The maximum absolute atomic E-state index is 12.0. The number of nitrogens with two attached hydrogens (primary N) is 1. The molecule has 9 heteroatoms. The van der Waals surface area contributed by atoms with Crippen LogP contribution in [0.3, 0.4) is 0 Å². The molecule has 0 heterocycles. The van der Waals surface area contributed by atoms with Crippen molar-refractivity contribution in [2.45, 2.75) is 6.54 Å². The lowest BCUT2D eigenvalue weighted by Gasteiger charge is -2.13. The summed E-state index contributed by atoms with van der Waals surface area (Å²) < 4.78 is 4.88. The highest BCUT2D eigenvalue weighted by molar-refractivity contribution is 5.96. The predicted octanol–water partition coefficient (Wildman–Crippen LogP) is 1.72. The zero-order valence-corrected chi connectivity index (χ0v) is 15.0. The summed E-state index contributed by atoms with van der Waals surface area (Å²) in [5, 5.41) is 13.4. The number of rotatable bonds is 7. The molecular formula is C18H20N4O5. The van der Waals surface area contributed by atoms with Crippen LogP contribution in [0.1, 0.15) is 15.9 Å². The van der Waals surface area contributed by atoms with Crippen molar-refractivity contribution in [2.75, 3.05) is 31.3 Å². The van der Waals surface area contributed by atoms with Gasteiger partial charge in [0.05, 0.1) is 10.5 Å². The van der Waals surface area contributed by atoms with E-state index < -0.39 is 23.4 Å². The number of anilines is 2.